The number of ether oxygens (including phenoxy) is 1. The van der Waals surface area contributed by atoms with E-state index in [1.807, 2.05) is 0 Å². The van der Waals surface area contributed by atoms with Crippen LogP contribution in [0, 0.1) is 12.3 Å². The Morgan fingerprint density at radius 3 is 2.56 bits per heavy atom. The second-order valence-corrected chi connectivity index (χ2v) is 2.93. The van der Waals surface area contributed by atoms with Gasteiger partial charge >= 0.3 is 0 Å². The number of hydrogen-bond acceptors (Lipinski definition) is 4. The maximum Gasteiger partial charge on any atom is 0.239 e. The van der Waals surface area contributed by atoms with E-state index >= 15 is 0 Å². The first-order chi connectivity index (χ1) is 7.70. The second-order valence-electron chi connectivity index (χ2n) is 2.93. The third kappa shape index (κ3) is 8.99. The molecule has 0 radical (unpaired) electrons. The summed E-state index contributed by atoms with van der Waals surface area (Å²) in [4.78, 5) is 22.2. The molecule has 0 rings (SSSR count). The normalized spacial score (nSPS) is 9.25. The van der Waals surface area contributed by atoms with Crippen LogP contribution in [0.2, 0.25) is 0 Å². The quantitative estimate of drug-likeness (QED) is 0.334. The lowest BCUT2D eigenvalue weighted by atomic mass is 10.5. The predicted molar refractivity (Wildman–Crippen MR) is 59.6 cm³/mol. The Bertz CT molecular complexity index is 261. The van der Waals surface area contributed by atoms with Crippen LogP contribution in [0.1, 0.15) is 0 Å². The van der Waals surface area contributed by atoms with Gasteiger partial charge in [0.2, 0.25) is 11.8 Å². The fourth-order valence-corrected chi connectivity index (χ4v) is 0.845. The van der Waals surface area contributed by atoms with E-state index in [2.05, 4.69) is 21.9 Å². The molecular weight excluding hydrogens is 210 g/mol. The summed E-state index contributed by atoms with van der Waals surface area (Å²) in [6, 6.07) is 0. The number of terminal acetylenes is 1. The first kappa shape index (κ1) is 14.4. The zero-order chi connectivity index (χ0) is 12.2. The molecule has 16 heavy (non-hydrogen) atoms. The van der Waals surface area contributed by atoms with E-state index in [0.717, 1.165) is 0 Å². The summed E-state index contributed by atoms with van der Waals surface area (Å²) in [5.74, 6) is 1.82. The van der Waals surface area contributed by atoms with Crippen LogP contribution in [0.5, 0.6) is 0 Å². The Labute approximate surface area is 95.1 Å². The Balaban J connectivity index is 3.44. The monoisotopic (exact) mass is 227 g/mol. The molecule has 0 saturated heterocycles. The van der Waals surface area contributed by atoms with Crippen molar-refractivity contribution in [2.75, 3.05) is 39.9 Å². The van der Waals surface area contributed by atoms with Crippen molar-refractivity contribution in [2.45, 2.75) is 0 Å². The molecule has 0 aromatic heterocycles. The molecule has 2 amide bonds. The molecule has 0 aromatic carbocycles. The first-order valence-corrected chi connectivity index (χ1v) is 4.87. The van der Waals surface area contributed by atoms with Crippen LogP contribution in [0.3, 0.4) is 0 Å². The summed E-state index contributed by atoms with van der Waals surface area (Å²) in [5.41, 5.74) is 0. The highest BCUT2D eigenvalue weighted by Gasteiger charge is 2.03. The summed E-state index contributed by atoms with van der Waals surface area (Å²) in [5, 5.41) is 7.73. The average molecular weight is 227 g/mol. The number of hydrogen-bond donors (Lipinski definition) is 3. The summed E-state index contributed by atoms with van der Waals surface area (Å²) >= 11 is 0. The molecule has 3 N–H and O–H groups in total. The van der Waals surface area contributed by atoms with Crippen LogP contribution in [0.4, 0.5) is 0 Å². The van der Waals surface area contributed by atoms with E-state index in [1.54, 1.807) is 7.11 Å². The van der Waals surface area contributed by atoms with Crippen molar-refractivity contribution in [3.8, 4) is 12.3 Å². The van der Waals surface area contributed by atoms with E-state index in [-0.39, 0.29) is 24.9 Å². The molecule has 0 heterocycles. The van der Waals surface area contributed by atoms with Crippen LogP contribution in [-0.4, -0.2) is 51.7 Å². The molecule has 0 fully saturated rings. The molecule has 0 bridgehead atoms. The van der Waals surface area contributed by atoms with E-state index in [1.165, 1.54) is 0 Å². The van der Waals surface area contributed by atoms with E-state index in [9.17, 15) is 9.59 Å². The fraction of sp³-hybridized carbons (Fsp3) is 0.600. The zero-order valence-corrected chi connectivity index (χ0v) is 9.34. The Kier molecular flexibility index (Phi) is 8.97. The van der Waals surface area contributed by atoms with Gasteiger partial charge in [0, 0.05) is 13.7 Å². The van der Waals surface area contributed by atoms with Crippen molar-refractivity contribution >= 4 is 11.8 Å². The number of methoxy groups -OCH3 is 1. The molecule has 0 unspecified atom stereocenters. The van der Waals surface area contributed by atoms with E-state index < -0.39 is 0 Å². The number of rotatable bonds is 8. The lowest BCUT2D eigenvalue weighted by Gasteiger charge is -2.06. The molecule has 0 aromatic rings. The lowest BCUT2D eigenvalue weighted by Crippen LogP contribution is -2.41. The van der Waals surface area contributed by atoms with Crippen LogP contribution in [0.25, 0.3) is 0 Å². The topological polar surface area (TPSA) is 79.5 Å². The van der Waals surface area contributed by atoms with Crippen molar-refractivity contribution in [3.05, 3.63) is 0 Å². The number of carbonyl (C=O) groups is 2. The van der Waals surface area contributed by atoms with Crippen LogP contribution in [0.15, 0.2) is 0 Å². The van der Waals surface area contributed by atoms with Gasteiger partial charge in [-0.25, -0.2) is 0 Å². The van der Waals surface area contributed by atoms with Crippen LogP contribution >= 0.6 is 0 Å². The van der Waals surface area contributed by atoms with Crippen molar-refractivity contribution in [1.82, 2.24) is 16.0 Å². The number of carbonyl (C=O) groups excluding carboxylic acids is 2. The number of amides is 2. The largest absolute Gasteiger partial charge is 0.383 e. The molecule has 0 aliphatic rings. The maximum atomic E-state index is 11.1. The molecular formula is C10H17N3O3. The Morgan fingerprint density at radius 1 is 1.25 bits per heavy atom. The van der Waals surface area contributed by atoms with Gasteiger partial charge in [0.15, 0.2) is 0 Å². The standard InChI is InChI=1S/C10H17N3O3/c1-3-4-11-7-9(14)13-8-10(15)12-5-6-16-2/h1,11H,4-8H2,2H3,(H,12,15)(H,13,14). The molecule has 0 spiro atoms. The molecule has 90 valence electrons. The lowest BCUT2D eigenvalue weighted by molar-refractivity contribution is -0.125. The third-order valence-electron chi connectivity index (χ3n) is 1.59. The van der Waals surface area contributed by atoms with Crippen molar-refractivity contribution in [2.24, 2.45) is 0 Å². The van der Waals surface area contributed by atoms with Gasteiger partial charge in [0.25, 0.3) is 0 Å². The number of nitrogens with one attached hydrogen (secondary N) is 3. The van der Waals surface area contributed by atoms with Gasteiger partial charge in [0.1, 0.15) is 0 Å². The van der Waals surface area contributed by atoms with Gasteiger partial charge in [-0.05, 0) is 0 Å². The SMILES string of the molecule is C#CCNCC(=O)NCC(=O)NCCOC. The highest BCUT2D eigenvalue weighted by atomic mass is 16.5. The minimum absolute atomic E-state index is 0.0414. The van der Waals surface area contributed by atoms with Crippen LogP contribution < -0.4 is 16.0 Å². The molecule has 6 heteroatoms. The Morgan fingerprint density at radius 2 is 1.94 bits per heavy atom. The van der Waals surface area contributed by atoms with Crippen LogP contribution in [-0.2, 0) is 14.3 Å². The van der Waals surface area contributed by atoms with Gasteiger partial charge in [-0.15, -0.1) is 6.42 Å². The van der Waals surface area contributed by atoms with Crippen molar-refractivity contribution < 1.29 is 14.3 Å². The minimum Gasteiger partial charge on any atom is -0.383 e. The highest BCUT2D eigenvalue weighted by molar-refractivity contribution is 5.85. The Hall–Kier alpha value is -1.58. The minimum atomic E-state index is -0.267. The predicted octanol–water partition coefficient (Wildman–Crippen LogP) is -1.91. The zero-order valence-electron chi connectivity index (χ0n) is 9.34. The molecule has 0 aliphatic carbocycles. The summed E-state index contributed by atoms with van der Waals surface area (Å²) in [6.45, 7) is 1.27. The molecule has 0 atom stereocenters. The molecule has 6 nitrogen and oxygen atoms in total. The van der Waals surface area contributed by atoms with Gasteiger partial charge in [-0.1, -0.05) is 5.92 Å². The highest BCUT2D eigenvalue weighted by Crippen LogP contribution is 1.69. The van der Waals surface area contributed by atoms with Gasteiger partial charge in [0.05, 0.1) is 26.2 Å². The van der Waals surface area contributed by atoms with Gasteiger partial charge in [-0.3, -0.25) is 14.9 Å². The van der Waals surface area contributed by atoms with Crippen molar-refractivity contribution in [1.29, 1.82) is 0 Å². The first-order valence-electron chi connectivity index (χ1n) is 4.87. The average Bonchev–Trinajstić information content (AvgIpc) is 2.27. The second kappa shape index (κ2) is 9.96. The van der Waals surface area contributed by atoms with Crippen molar-refractivity contribution in [3.63, 3.8) is 0 Å². The van der Waals surface area contributed by atoms with Gasteiger partial charge in [-0.2, -0.15) is 0 Å². The maximum absolute atomic E-state index is 11.1. The summed E-state index contributed by atoms with van der Waals surface area (Å²) in [7, 11) is 1.55. The fourth-order valence-electron chi connectivity index (χ4n) is 0.845. The molecule has 0 saturated carbocycles. The molecule has 0 aliphatic heterocycles. The van der Waals surface area contributed by atoms with E-state index in [4.69, 9.17) is 11.2 Å². The van der Waals surface area contributed by atoms with Gasteiger partial charge < -0.3 is 15.4 Å². The smallest absolute Gasteiger partial charge is 0.239 e. The van der Waals surface area contributed by atoms with E-state index in [0.29, 0.717) is 19.7 Å². The summed E-state index contributed by atoms with van der Waals surface area (Å²) in [6.07, 6.45) is 4.98. The summed E-state index contributed by atoms with van der Waals surface area (Å²) < 4.78 is 4.75. The third-order valence-corrected chi connectivity index (χ3v) is 1.59.